The molecule has 0 aliphatic carbocycles. The molecule has 2 aromatic rings. The molecule has 0 aliphatic heterocycles. The Kier molecular flexibility index (Phi) is 15.3. The number of hydrogen-bond donors (Lipinski definition) is 2. The van der Waals surface area contributed by atoms with Crippen molar-refractivity contribution in [2.75, 3.05) is 28.4 Å². The predicted octanol–water partition coefficient (Wildman–Crippen LogP) is -4.42. The summed E-state index contributed by atoms with van der Waals surface area (Å²) in [5.41, 5.74) is 0.445. The maximum atomic E-state index is 11.4. The molecule has 176 valence electrons. The van der Waals surface area contributed by atoms with Crippen LogP contribution >= 0.6 is 15.6 Å². The largest absolute Gasteiger partial charge is 1.00 e. The van der Waals surface area contributed by atoms with Crippen LogP contribution in [0.25, 0.3) is 12.2 Å². The van der Waals surface area contributed by atoms with E-state index in [9.17, 15) is 28.7 Å². The maximum absolute atomic E-state index is 11.4. The average molecular weight is 568 g/mol. The molecule has 0 aliphatic rings. The van der Waals surface area contributed by atoms with Gasteiger partial charge in [-0.2, -0.15) is 0 Å². The van der Waals surface area contributed by atoms with Crippen LogP contribution in [0, 0.1) is 0 Å². The molecule has 0 saturated heterocycles. The van der Waals surface area contributed by atoms with Crippen LogP contribution in [0.15, 0.2) is 24.3 Å². The van der Waals surface area contributed by atoms with E-state index >= 15 is 0 Å². The van der Waals surface area contributed by atoms with Crippen molar-refractivity contribution < 1.29 is 159 Å². The third-order valence-electron chi connectivity index (χ3n) is 3.88. The summed E-state index contributed by atoms with van der Waals surface area (Å²) >= 11 is 0. The molecule has 0 amide bonds. The summed E-state index contributed by atoms with van der Waals surface area (Å²) < 4.78 is 52.3. The minimum Gasteiger partial charge on any atom is -0.780 e. The van der Waals surface area contributed by atoms with Gasteiger partial charge in [0.2, 0.25) is 11.5 Å². The topological polar surface area (TPSA) is 176 Å². The van der Waals surface area contributed by atoms with E-state index in [1.54, 1.807) is 12.1 Å². The smallest absolute Gasteiger partial charge is 0.780 e. The maximum Gasteiger partial charge on any atom is 1.00 e. The number of benzene rings is 2. The molecule has 0 atom stereocenters. The van der Waals surface area contributed by atoms with Gasteiger partial charge in [-0.05, 0) is 29.8 Å². The Morgan fingerprint density at radius 1 is 0.735 bits per heavy atom. The number of phosphoric ester groups is 2. The first-order valence-electron chi connectivity index (χ1n) is 8.58. The van der Waals surface area contributed by atoms with Crippen molar-refractivity contribution in [3.8, 4) is 34.5 Å². The Labute approximate surface area is 281 Å². The van der Waals surface area contributed by atoms with Gasteiger partial charge in [0.1, 0.15) is 7.82 Å². The number of phosphoric acid groups is 2. The van der Waals surface area contributed by atoms with Crippen LogP contribution in [-0.4, -0.2) is 38.2 Å². The second kappa shape index (κ2) is 15.1. The van der Waals surface area contributed by atoms with Crippen molar-refractivity contribution in [2.45, 2.75) is 0 Å². The monoisotopic (exact) mass is 568 g/mol. The second-order valence-corrected chi connectivity index (χ2v) is 8.17. The van der Waals surface area contributed by atoms with Crippen LogP contribution in [0.1, 0.15) is 11.1 Å². The van der Waals surface area contributed by atoms with Crippen molar-refractivity contribution in [2.24, 2.45) is 0 Å². The standard InChI is InChI=1S/C18H22O12P2.2K/c1-25-13-8-7-12(16(29-31(19,20)21)18(13)30-32(22,23)24)6-5-11-9-14(26-2)17(28-4)15(10-11)27-3;;/h5-10H,1-4H3,(H2,19,20,21)(H2,22,23,24);;/q;2*+1/p-2/b6-5-;;. The number of hydrogen-bond acceptors (Lipinski definition) is 10. The molecule has 0 aromatic heterocycles. The van der Waals surface area contributed by atoms with Crippen LogP contribution in [0.3, 0.4) is 0 Å². The zero-order valence-corrected chi connectivity index (χ0v) is 27.4. The van der Waals surface area contributed by atoms with E-state index in [4.69, 9.17) is 18.9 Å². The predicted molar refractivity (Wildman–Crippen MR) is 109 cm³/mol. The van der Waals surface area contributed by atoms with E-state index in [0.29, 0.717) is 22.8 Å². The third kappa shape index (κ3) is 10.1. The van der Waals surface area contributed by atoms with Crippen molar-refractivity contribution in [1.29, 1.82) is 0 Å². The molecular formula is C18H20K2O12P2. The van der Waals surface area contributed by atoms with Crippen LogP contribution in [0.2, 0.25) is 0 Å². The Balaban J connectivity index is 0.00000544. The van der Waals surface area contributed by atoms with Gasteiger partial charge < -0.3 is 42.3 Å². The summed E-state index contributed by atoms with van der Waals surface area (Å²) in [5.74, 6) is -0.776. The Bertz CT molecular complexity index is 1070. The molecule has 2 N–H and O–H groups in total. The number of rotatable bonds is 10. The normalized spacial score (nSPS) is 11.2. The van der Waals surface area contributed by atoms with Gasteiger partial charge in [0, 0.05) is 5.56 Å². The van der Waals surface area contributed by atoms with Gasteiger partial charge in [0.05, 0.1) is 28.4 Å². The summed E-state index contributed by atoms with van der Waals surface area (Å²) in [4.78, 5) is 40.9. The zero-order chi connectivity index (χ0) is 24.1. The van der Waals surface area contributed by atoms with Gasteiger partial charge in [-0.3, -0.25) is 9.79 Å². The van der Waals surface area contributed by atoms with E-state index in [-0.39, 0.29) is 114 Å². The number of ether oxygens (including phenoxy) is 4. The first-order chi connectivity index (χ1) is 14.9. The molecule has 0 unspecified atom stereocenters. The summed E-state index contributed by atoms with van der Waals surface area (Å²) in [7, 11) is -5.40. The Morgan fingerprint density at radius 3 is 1.68 bits per heavy atom. The summed E-state index contributed by atoms with van der Waals surface area (Å²) in [6.07, 6.45) is 2.79. The molecule has 0 bridgehead atoms. The van der Waals surface area contributed by atoms with Crippen LogP contribution in [0.4, 0.5) is 0 Å². The van der Waals surface area contributed by atoms with E-state index in [0.717, 1.165) is 7.11 Å². The van der Waals surface area contributed by atoms with Gasteiger partial charge in [-0.25, -0.2) is 4.57 Å². The molecule has 0 spiro atoms. The van der Waals surface area contributed by atoms with Gasteiger partial charge in [-0.15, -0.1) is 0 Å². The van der Waals surface area contributed by atoms with E-state index in [2.05, 4.69) is 9.05 Å². The fourth-order valence-corrected chi connectivity index (χ4v) is 3.47. The average Bonchev–Trinajstić information content (AvgIpc) is 2.71. The molecule has 12 nitrogen and oxygen atoms in total. The van der Waals surface area contributed by atoms with Crippen LogP contribution < -0.4 is 141 Å². The Morgan fingerprint density at radius 2 is 1.26 bits per heavy atom. The first-order valence-corrected chi connectivity index (χ1v) is 11.6. The fourth-order valence-electron chi connectivity index (χ4n) is 2.65. The number of methoxy groups -OCH3 is 4. The van der Waals surface area contributed by atoms with Crippen molar-refractivity contribution in [3.63, 3.8) is 0 Å². The summed E-state index contributed by atoms with van der Waals surface area (Å²) in [6.45, 7) is 0. The molecule has 0 heterocycles. The molecule has 34 heavy (non-hydrogen) atoms. The van der Waals surface area contributed by atoms with E-state index in [1.165, 1.54) is 45.6 Å². The van der Waals surface area contributed by atoms with E-state index in [1.807, 2.05) is 0 Å². The molecule has 0 radical (unpaired) electrons. The van der Waals surface area contributed by atoms with Gasteiger partial charge in [-0.1, -0.05) is 12.2 Å². The van der Waals surface area contributed by atoms with Crippen molar-refractivity contribution >= 4 is 27.8 Å². The second-order valence-electron chi connectivity index (χ2n) is 5.93. The molecule has 2 aromatic carbocycles. The van der Waals surface area contributed by atoms with Crippen molar-refractivity contribution in [3.05, 3.63) is 35.4 Å². The molecule has 0 saturated carbocycles. The summed E-state index contributed by atoms with van der Waals surface area (Å²) in [5, 5.41) is 0. The molecule has 2 rings (SSSR count). The third-order valence-corrected chi connectivity index (χ3v) is 4.71. The quantitative estimate of drug-likeness (QED) is 0.160. The van der Waals surface area contributed by atoms with Crippen LogP contribution in [0.5, 0.6) is 34.5 Å². The minimum atomic E-state index is -5.65. The van der Waals surface area contributed by atoms with Crippen LogP contribution in [-0.2, 0) is 9.13 Å². The summed E-state index contributed by atoms with van der Waals surface area (Å²) in [6, 6.07) is 5.71. The molecule has 0 fully saturated rings. The van der Waals surface area contributed by atoms with Gasteiger partial charge >= 0.3 is 111 Å². The van der Waals surface area contributed by atoms with Gasteiger partial charge in [0.15, 0.2) is 23.0 Å². The SMILES string of the molecule is COc1cc(/C=C\c2ccc(OC)c(OP(=O)(O)O)c2OP(=O)([O-])[O-])cc(OC)c1OC.[K+].[K+]. The van der Waals surface area contributed by atoms with E-state index < -0.39 is 27.1 Å². The fraction of sp³-hybridized carbons (Fsp3) is 0.222. The van der Waals surface area contributed by atoms with Gasteiger partial charge in [0.25, 0.3) is 0 Å². The minimum absolute atomic E-state index is 0. The molecule has 16 heteroatoms. The molecular weight excluding hydrogens is 548 g/mol. The first kappa shape index (κ1) is 34.6. The van der Waals surface area contributed by atoms with Crippen molar-refractivity contribution in [1.82, 2.24) is 0 Å². The zero-order valence-electron chi connectivity index (χ0n) is 19.3. The Hall–Kier alpha value is 0.553.